The second kappa shape index (κ2) is 5.55. The lowest BCUT2D eigenvalue weighted by Gasteiger charge is -2.15. The molecule has 1 atom stereocenters. The third-order valence-corrected chi connectivity index (χ3v) is 5.30. The van der Waals surface area contributed by atoms with Gasteiger partial charge in [0.15, 0.2) is 0 Å². The van der Waals surface area contributed by atoms with Gasteiger partial charge in [0.2, 0.25) is 10.0 Å². The minimum Gasteiger partial charge on any atom is -0.378 e. The molecule has 1 aromatic carbocycles. The molecule has 108 valence electrons. The number of rotatable bonds is 4. The second-order valence-corrected chi connectivity index (χ2v) is 7.69. The number of primary sulfonamides is 1. The van der Waals surface area contributed by atoms with Crippen LogP contribution in [0.2, 0.25) is 0 Å². The van der Waals surface area contributed by atoms with Crippen molar-refractivity contribution in [2.45, 2.75) is 31.7 Å². The van der Waals surface area contributed by atoms with Crippen LogP contribution >= 0.6 is 11.3 Å². The summed E-state index contributed by atoms with van der Waals surface area (Å²) in [5.74, 6) is 0. The van der Waals surface area contributed by atoms with Crippen molar-refractivity contribution in [3.8, 4) is 0 Å². The maximum absolute atomic E-state index is 11.5. The van der Waals surface area contributed by atoms with Crippen LogP contribution in [0.15, 0.2) is 35.2 Å². The first-order chi connectivity index (χ1) is 9.27. The van der Waals surface area contributed by atoms with Crippen LogP contribution in [0.4, 0.5) is 5.69 Å². The van der Waals surface area contributed by atoms with Crippen molar-refractivity contribution >= 4 is 27.0 Å². The molecule has 2 rings (SSSR count). The fourth-order valence-electron chi connectivity index (χ4n) is 2.00. The molecule has 0 saturated carbocycles. The normalized spacial score (nSPS) is 13.2. The maximum atomic E-state index is 11.5. The Hall–Kier alpha value is -1.37. The molecule has 0 amide bonds. The zero-order chi connectivity index (χ0) is 14.9. The Morgan fingerprint density at radius 1 is 1.20 bits per heavy atom. The molecule has 1 aromatic heterocycles. The standard InChI is InChI=1S/C14H18N2O2S2/c1-9-4-6-12(8-14(9)20(15,17)18)16-11(3)13-7-5-10(2)19-13/h4-8,11,16H,1-3H3,(H2,15,17,18). The minimum absolute atomic E-state index is 0.115. The molecular weight excluding hydrogens is 292 g/mol. The predicted molar refractivity (Wildman–Crippen MR) is 83.6 cm³/mol. The molecule has 3 N–H and O–H groups in total. The van der Waals surface area contributed by atoms with Crippen LogP contribution in [-0.2, 0) is 10.0 Å². The van der Waals surface area contributed by atoms with E-state index in [0.29, 0.717) is 5.56 Å². The third-order valence-electron chi connectivity index (χ3n) is 3.07. The van der Waals surface area contributed by atoms with Crippen molar-refractivity contribution in [1.29, 1.82) is 0 Å². The van der Waals surface area contributed by atoms with Gasteiger partial charge in [0.05, 0.1) is 10.9 Å². The van der Waals surface area contributed by atoms with Gasteiger partial charge < -0.3 is 5.32 Å². The second-order valence-electron chi connectivity index (χ2n) is 4.84. The number of nitrogens with one attached hydrogen (secondary N) is 1. The van der Waals surface area contributed by atoms with E-state index in [1.807, 2.05) is 13.0 Å². The lowest BCUT2D eigenvalue weighted by molar-refractivity contribution is 0.597. The first-order valence-electron chi connectivity index (χ1n) is 6.23. The zero-order valence-corrected chi connectivity index (χ0v) is 13.3. The fraction of sp³-hybridized carbons (Fsp3) is 0.286. The van der Waals surface area contributed by atoms with Crippen LogP contribution in [0, 0.1) is 13.8 Å². The van der Waals surface area contributed by atoms with E-state index < -0.39 is 10.0 Å². The zero-order valence-electron chi connectivity index (χ0n) is 11.7. The summed E-state index contributed by atoms with van der Waals surface area (Å²) >= 11 is 1.72. The summed E-state index contributed by atoms with van der Waals surface area (Å²) < 4.78 is 23.0. The average molecular weight is 310 g/mol. The van der Waals surface area contributed by atoms with Crippen molar-refractivity contribution in [3.05, 3.63) is 45.6 Å². The van der Waals surface area contributed by atoms with E-state index in [0.717, 1.165) is 5.69 Å². The van der Waals surface area contributed by atoms with Gasteiger partial charge in [0.25, 0.3) is 0 Å². The number of hydrogen-bond donors (Lipinski definition) is 2. The maximum Gasteiger partial charge on any atom is 0.238 e. The van der Waals surface area contributed by atoms with Crippen LogP contribution in [0.25, 0.3) is 0 Å². The molecule has 0 radical (unpaired) electrons. The summed E-state index contributed by atoms with van der Waals surface area (Å²) in [5.41, 5.74) is 1.40. The van der Waals surface area contributed by atoms with Gasteiger partial charge in [-0.1, -0.05) is 6.07 Å². The lowest BCUT2D eigenvalue weighted by Crippen LogP contribution is -2.14. The molecule has 6 heteroatoms. The lowest BCUT2D eigenvalue weighted by atomic mass is 10.2. The Balaban J connectivity index is 2.26. The molecule has 0 spiro atoms. The number of anilines is 1. The summed E-state index contributed by atoms with van der Waals surface area (Å²) in [7, 11) is -3.69. The van der Waals surface area contributed by atoms with E-state index in [-0.39, 0.29) is 10.9 Å². The molecule has 0 bridgehead atoms. The van der Waals surface area contributed by atoms with Gasteiger partial charge in [-0.2, -0.15) is 0 Å². The molecule has 0 saturated heterocycles. The molecule has 1 unspecified atom stereocenters. The molecule has 4 nitrogen and oxygen atoms in total. The number of benzene rings is 1. The molecule has 20 heavy (non-hydrogen) atoms. The van der Waals surface area contributed by atoms with Crippen LogP contribution < -0.4 is 10.5 Å². The first-order valence-corrected chi connectivity index (χ1v) is 8.60. The molecule has 0 aliphatic carbocycles. The Morgan fingerprint density at radius 2 is 1.90 bits per heavy atom. The summed E-state index contributed by atoms with van der Waals surface area (Å²) in [6.07, 6.45) is 0. The third kappa shape index (κ3) is 3.39. The highest BCUT2D eigenvalue weighted by Gasteiger charge is 2.13. The van der Waals surface area contributed by atoms with Crippen LogP contribution in [0.3, 0.4) is 0 Å². The Labute approximate surface area is 123 Å². The monoisotopic (exact) mass is 310 g/mol. The van der Waals surface area contributed by atoms with Gasteiger partial charge >= 0.3 is 0 Å². The molecule has 0 fully saturated rings. The molecule has 0 aliphatic heterocycles. The van der Waals surface area contributed by atoms with Crippen molar-refractivity contribution < 1.29 is 8.42 Å². The van der Waals surface area contributed by atoms with Crippen LogP contribution in [0.5, 0.6) is 0 Å². The van der Waals surface area contributed by atoms with Gasteiger partial charge in [-0.25, -0.2) is 13.6 Å². The highest BCUT2D eigenvalue weighted by molar-refractivity contribution is 7.89. The van der Waals surface area contributed by atoms with Crippen LogP contribution in [-0.4, -0.2) is 8.42 Å². The fourth-order valence-corrected chi connectivity index (χ4v) is 3.69. The highest BCUT2D eigenvalue weighted by Crippen LogP contribution is 2.27. The van der Waals surface area contributed by atoms with E-state index in [1.165, 1.54) is 9.75 Å². The quantitative estimate of drug-likeness (QED) is 0.911. The Morgan fingerprint density at radius 3 is 2.45 bits per heavy atom. The van der Waals surface area contributed by atoms with E-state index in [4.69, 9.17) is 5.14 Å². The largest absolute Gasteiger partial charge is 0.378 e. The smallest absolute Gasteiger partial charge is 0.238 e. The van der Waals surface area contributed by atoms with E-state index in [9.17, 15) is 8.42 Å². The summed E-state index contributed by atoms with van der Waals surface area (Å²) in [4.78, 5) is 2.63. The number of sulfonamides is 1. The van der Waals surface area contributed by atoms with Gasteiger partial charge in [-0.15, -0.1) is 11.3 Å². The van der Waals surface area contributed by atoms with E-state index in [1.54, 1.807) is 30.4 Å². The number of thiophene rings is 1. The Kier molecular flexibility index (Phi) is 4.17. The van der Waals surface area contributed by atoms with E-state index >= 15 is 0 Å². The van der Waals surface area contributed by atoms with Crippen LogP contribution in [0.1, 0.15) is 28.3 Å². The number of hydrogen-bond acceptors (Lipinski definition) is 4. The first kappa shape index (κ1) is 15.0. The van der Waals surface area contributed by atoms with Crippen molar-refractivity contribution in [3.63, 3.8) is 0 Å². The van der Waals surface area contributed by atoms with Gasteiger partial charge in [-0.05, 0) is 50.6 Å². The molecule has 1 heterocycles. The van der Waals surface area contributed by atoms with Crippen molar-refractivity contribution in [2.75, 3.05) is 5.32 Å². The topological polar surface area (TPSA) is 72.2 Å². The molecule has 2 aromatic rings. The van der Waals surface area contributed by atoms with Gasteiger partial charge in [0.1, 0.15) is 0 Å². The Bertz CT molecular complexity index is 721. The molecule has 0 aliphatic rings. The summed E-state index contributed by atoms with van der Waals surface area (Å²) in [6.45, 7) is 5.84. The van der Waals surface area contributed by atoms with Crippen molar-refractivity contribution in [1.82, 2.24) is 0 Å². The average Bonchev–Trinajstić information content (AvgIpc) is 2.77. The SMILES string of the molecule is Cc1ccc(C(C)Nc2ccc(C)c(S(N)(=O)=O)c2)s1. The highest BCUT2D eigenvalue weighted by atomic mass is 32.2. The number of nitrogens with two attached hydrogens (primary N) is 1. The predicted octanol–water partition coefficient (Wildman–Crippen LogP) is 3.19. The van der Waals surface area contributed by atoms with E-state index in [2.05, 4.69) is 24.4 Å². The summed E-state index contributed by atoms with van der Waals surface area (Å²) in [5, 5.41) is 8.52. The van der Waals surface area contributed by atoms with Crippen molar-refractivity contribution in [2.24, 2.45) is 5.14 Å². The van der Waals surface area contributed by atoms with Gasteiger partial charge in [0, 0.05) is 15.4 Å². The molecular formula is C14H18N2O2S2. The summed E-state index contributed by atoms with van der Waals surface area (Å²) in [6, 6.07) is 9.47. The number of aryl methyl sites for hydroxylation is 2. The minimum atomic E-state index is -3.69. The van der Waals surface area contributed by atoms with Gasteiger partial charge in [-0.3, -0.25) is 0 Å².